The van der Waals surface area contributed by atoms with E-state index in [1.807, 2.05) is 48.5 Å². The molecule has 0 aromatic heterocycles. The summed E-state index contributed by atoms with van der Waals surface area (Å²) in [6.45, 7) is 0. The van der Waals surface area contributed by atoms with Crippen molar-refractivity contribution in [1.82, 2.24) is 0 Å². The van der Waals surface area contributed by atoms with Gasteiger partial charge in [-0.25, -0.2) is 0 Å². The van der Waals surface area contributed by atoms with Crippen LogP contribution in [0, 0.1) is 11.3 Å². The molecular weight excluding hydrogens is 360 g/mol. The monoisotopic (exact) mass is 378 g/mol. The summed E-state index contributed by atoms with van der Waals surface area (Å²) >= 11 is 0. The van der Waals surface area contributed by atoms with Crippen LogP contribution in [0.4, 0.5) is 0 Å². The minimum atomic E-state index is -0.393. The van der Waals surface area contributed by atoms with Gasteiger partial charge >= 0.3 is 0 Å². The highest BCUT2D eigenvalue weighted by atomic mass is 16.5. The van der Waals surface area contributed by atoms with Crippen LogP contribution in [-0.2, 0) is 0 Å². The van der Waals surface area contributed by atoms with E-state index in [1.54, 1.807) is 7.11 Å². The molecule has 4 aromatic carbocycles. The van der Waals surface area contributed by atoms with Gasteiger partial charge in [0.05, 0.1) is 13.0 Å². The number of ether oxygens (including phenoxy) is 2. The van der Waals surface area contributed by atoms with Crippen molar-refractivity contribution >= 4 is 21.5 Å². The van der Waals surface area contributed by atoms with E-state index in [0.717, 1.165) is 38.4 Å². The number of allylic oxidation sites excluding steroid dienone is 1. The minimum absolute atomic E-state index is 0.135. The molecule has 0 amide bonds. The Kier molecular flexibility index (Phi) is 3.89. The Bertz CT molecular complexity index is 1350. The molecule has 0 radical (unpaired) electrons. The van der Waals surface area contributed by atoms with Crippen LogP contribution in [0.25, 0.3) is 21.5 Å². The van der Waals surface area contributed by atoms with Crippen molar-refractivity contribution in [3.8, 4) is 17.6 Å². The summed E-state index contributed by atoms with van der Waals surface area (Å²) in [5.74, 6) is 1.13. The predicted molar refractivity (Wildman–Crippen MR) is 114 cm³/mol. The third kappa shape index (κ3) is 2.52. The number of benzene rings is 4. The molecule has 4 heteroatoms. The summed E-state index contributed by atoms with van der Waals surface area (Å²) in [6, 6.07) is 26.4. The lowest BCUT2D eigenvalue weighted by Crippen LogP contribution is -2.22. The van der Waals surface area contributed by atoms with Gasteiger partial charge in [-0.3, -0.25) is 0 Å². The number of nitriles is 1. The Hall–Kier alpha value is -3.97. The largest absolute Gasteiger partial charge is 0.496 e. The van der Waals surface area contributed by atoms with Crippen LogP contribution >= 0.6 is 0 Å². The Labute approximate surface area is 168 Å². The van der Waals surface area contributed by atoms with Gasteiger partial charge < -0.3 is 15.2 Å². The fourth-order valence-corrected chi connectivity index (χ4v) is 4.28. The molecule has 4 nitrogen and oxygen atoms in total. The molecule has 0 aliphatic carbocycles. The zero-order chi connectivity index (χ0) is 20.0. The van der Waals surface area contributed by atoms with Gasteiger partial charge in [0.15, 0.2) is 0 Å². The lowest BCUT2D eigenvalue weighted by atomic mass is 9.79. The zero-order valence-electron chi connectivity index (χ0n) is 15.8. The summed E-state index contributed by atoms with van der Waals surface area (Å²) in [4.78, 5) is 0. The molecule has 1 aliphatic rings. The number of rotatable bonds is 2. The molecule has 1 heterocycles. The highest BCUT2D eigenvalue weighted by molar-refractivity contribution is 5.94. The maximum atomic E-state index is 10.0. The van der Waals surface area contributed by atoms with Crippen molar-refractivity contribution in [3.05, 3.63) is 95.4 Å². The van der Waals surface area contributed by atoms with E-state index >= 15 is 0 Å². The van der Waals surface area contributed by atoms with Crippen molar-refractivity contribution in [3.63, 3.8) is 0 Å². The van der Waals surface area contributed by atoms with Crippen LogP contribution < -0.4 is 15.2 Å². The highest BCUT2D eigenvalue weighted by Crippen LogP contribution is 2.49. The summed E-state index contributed by atoms with van der Waals surface area (Å²) in [7, 11) is 1.65. The van der Waals surface area contributed by atoms with Crippen molar-refractivity contribution in [2.75, 3.05) is 7.11 Å². The predicted octanol–water partition coefficient (Wildman–Crippen LogP) is 5.22. The smallest absolute Gasteiger partial charge is 0.205 e. The van der Waals surface area contributed by atoms with Crippen LogP contribution in [-0.4, -0.2) is 7.11 Å². The Morgan fingerprint density at radius 1 is 0.862 bits per heavy atom. The summed E-state index contributed by atoms with van der Waals surface area (Å²) < 4.78 is 11.6. The van der Waals surface area contributed by atoms with Crippen LogP contribution in [0.1, 0.15) is 17.0 Å². The number of hydrogen-bond donors (Lipinski definition) is 1. The molecule has 29 heavy (non-hydrogen) atoms. The van der Waals surface area contributed by atoms with Crippen molar-refractivity contribution < 1.29 is 9.47 Å². The van der Waals surface area contributed by atoms with Gasteiger partial charge in [-0.1, -0.05) is 60.7 Å². The van der Waals surface area contributed by atoms with E-state index in [0.29, 0.717) is 11.3 Å². The number of fused-ring (bicyclic) bond motifs is 4. The number of methoxy groups -OCH3 is 1. The maximum Gasteiger partial charge on any atom is 0.205 e. The third-order valence-electron chi connectivity index (χ3n) is 5.55. The van der Waals surface area contributed by atoms with Gasteiger partial charge in [-0.2, -0.15) is 5.26 Å². The van der Waals surface area contributed by atoms with Gasteiger partial charge in [-0.05, 0) is 33.7 Å². The fourth-order valence-electron chi connectivity index (χ4n) is 4.28. The van der Waals surface area contributed by atoms with E-state index in [-0.39, 0.29) is 5.88 Å². The normalized spacial score (nSPS) is 15.7. The van der Waals surface area contributed by atoms with Gasteiger partial charge in [0, 0.05) is 11.1 Å². The van der Waals surface area contributed by atoms with Gasteiger partial charge in [0.25, 0.3) is 0 Å². The van der Waals surface area contributed by atoms with Crippen LogP contribution in [0.15, 0.2) is 84.3 Å². The second-order valence-electron chi connectivity index (χ2n) is 7.03. The Balaban J connectivity index is 1.95. The molecule has 0 unspecified atom stereocenters. The van der Waals surface area contributed by atoms with Crippen molar-refractivity contribution in [2.45, 2.75) is 5.92 Å². The Morgan fingerprint density at radius 3 is 2.14 bits per heavy atom. The Morgan fingerprint density at radius 2 is 1.48 bits per heavy atom. The lowest BCUT2D eigenvalue weighted by Gasteiger charge is -2.29. The van der Waals surface area contributed by atoms with Crippen molar-refractivity contribution in [1.29, 1.82) is 5.26 Å². The first-order chi connectivity index (χ1) is 14.2. The highest BCUT2D eigenvalue weighted by Gasteiger charge is 2.35. The standard InChI is InChI=1S/C25H18N2O2/c1-28-20-12-10-15-6-2-4-8-17(15)22(20)24-19(14-26)25(27)29-21-13-11-16-7-3-5-9-18(16)23(21)24/h2-13,24H,27H2,1H3/t24-/m0/s1. The van der Waals surface area contributed by atoms with E-state index in [1.165, 1.54) is 0 Å². The molecule has 1 aliphatic heterocycles. The van der Waals surface area contributed by atoms with Crippen LogP contribution in [0.5, 0.6) is 11.5 Å². The van der Waals surface area contributed by atoms with Gasteiger partial charge in [0.2, 0.25) is 5.88 Å². The molecule has 0 bridgehead atoms. The molecule has 1 atom stereocenters. The zero-order valence-corrected chi connectivity index (χ0v) is 15.8. The topological polar surface area (TPSA) is 68.3 Å². The molecule has 5 rings (SSSR count). The molecule has 0 spiro atoms. The van der Waals surface area contributed by atoms with Gasteiger partial charge in [0.1, 0.15) is 23.1 Å². The molecule has 0 saturated heterocycles. The maximum absolute atomic E-state index is 10.0. The summed E-state index contributed by atoms with van der Waals surface area (Å²) in [5.41, 5.74) is 8.45. The lowest BCUT2D eigenvalue weighted by molar-refractivity contribution is 0.388. The van der Waals surface area contributed by atoms with Crippen LogP contribution in [0.3, 0.4) is 0 Å². The first-order valence-corrected chi connectivity index (χ1v) is 9.37. The molecule has 2 N–H and O–H groups in total. The molecule has 140 valence electrons. The molecule has 0 fully saturated rings. The van der Waals surface area contributed by atoms with E-state index < -0.39 is 5.92 Å². The quantitative estimate of drug-likeness (QED) is 0.519. The minimum Gasteiger partial charge on any atom is -0.496 e. The SMILES string of the molecule is COc1ccc2ccccc2c1[C@@H]1C(C#N)=C(N)Oc2ccc3ccccc3c21. The average molecular weight is 378 g/mol. The fraction of sp³-hybridized carbons (Fsp3) is 0.0800. The second kappa shape index (κ2) is 6.57. The summed E-state index contributed by atoms with van der Waals surface area (Å²) in [5, 5.41) is 14.2. The van der Waals surface area contributed by atoms with E-state index in [9.17, 15) is 5.26 Å². The van der Waals surface area contributed by atoms with Crippen molar-refractivity contribution in [2.24, 2.45) is 5.73 Å². The molecular formula is C25H18N2O2. The molecule has 0 saturated carbocycles. The third-order valence-corrected chi connectivity index (χ3v) is 5.55. The average Bonchev–Trinajstić information content (AvgIpc) is 2.77. The first kappa shape index (κ1) is 17.2. The van der Waals surface area contributed by atoms with Gasteiger partial charge in [-0.15, -0.1) is 0 Å². The van der Waals surface area contributed by atoms with E-state index in [2.05, 4.69) is 30.3 Å². The number of nitrogens with two attached hydrogens (primary N) is 1. The summed E-state index contributed by atoms with van der Waals surface area (Å²) in [6.07, 6.45) is 0. The first-order valence-electron chi connectivity index (χ1n) is 9.37. The van der Waals surface area contributed by atoms with E-state index in [4.69, 9.17) is 15.2 Å². The second-order valence-corrected chi connectivity index (χ2v) is 7.03. The number of hydrogen-bond acceptors (Lipinski definition) is 4. The van der Waals surface area contributed by atoms with Crippen LogP contribution in [0.2, 0.25) is 0 Å². The number of nitrogens with zero attached hydrogens (tertiary/aromatic N) is 1. The molecule has 4 aromatic rings.